The van der Waals surface area contributed by atoms with Gasteiger partial charge in [-0.2, -0.15) is 0 Å². The number of nitrogens with zero attached hydrogens (tertiary/aromatic N) is 2. The van der Waals surface area contributed by atoms with Crippen LogP contribution in [0.15, 0.2) is 33.6 Å². The molecule has 1 amide bonds. The Morgan fingerprint density at radius 2 is 1.87 bits per heavy atom. The van der Waals surface area contributed by atoms with Gasteiger partial charge in [-0.3, -0.25) is 14.1 Å². The van der Waals surface area contributed by atoms with Crippen molar-refractivity contribution in [3.63, 3.8) is 0 Å². The van der Waals surface area contributed by atoms with Crippen molar-refractivity contribution in [3.05, 3.63) is 40.6 Å². The summed E-state index contributed by atoms with van der Waals surface area (Å²) in [5.41, 5.74) is -1.23. The highest BCUT2D eigenvalue weighted by atomic mass is 19.1. The first-order valence-corrected chi connectivity index (χ1v) is 10.4. The third-order valence-corrected chi connectivity index (χ3v) is 5.68. The molecule has 0 saturated heterocycles. The van der Waals surface area contributed by atoms with E-state index in [4.69, 9.17) is 4.52 Å². The van der Waals surface area contributed by atoms with Gasteiger partial charge < -0.3 is 5.32 Å². The molecule has 1 aromatic carbocycles. The van der Waals surface area contributed by atoms with Gasteiger partial charge in [-0.25, -0.2) is 13.8 Å². The molecular weight excluding hydrogens is 389 g/mol. The Balaban J connectivity index is 2.12. The molecule has 1 heterocycles. The fraction of sp³-hybridized carbons (Fsp3) is 0.545. The molecule has 7 nitrogen and oxygen atoms in total. The number of aromatic nitrogens is 2. The van der Waals surface area contributed by atoms with Crippen LogP contribution in [0.2, 0.25) is 0 Å². The molecule has 1 aromatic heterocycles. The van der Waals surface area contributed by atoms with Gasteiger partial charge in [0.25, 0.3) is 0 Å². The number of nitrogens with one attached hydrogen (secondary N) is 1. The van der Waals surface area contributed by atoms with Crippen molar-refractivity contribution in [2.45, 2.75) is 65.0 Å². The second kappa shape index (κ2) is 8.93. The second-order valence-electron chi connectivity index (χ2n) is 8.45. The van der Waals surface area contributed by atoms with Gasteiger partial charge in [0.2, 0.25) is 5.91 Å². The van der Waals surface area contributed by atoms with Crippen LogP contribution in [0.1, 0.15) is 59.3 Å². The van der Waals surface area contributed by atoms with Gasteiger partial charge in [-0.15, -0.1) is 0 Å². The predicted octanol–water partition coefficient (Wildman–Crippen LogP) is 3.63. The summed E-state index contributed by atoms with van der Waals surface area (Å²) < 4.78 is 19.4. The first-order valence-electron chi connectivity index (χ1n) is 10.4. The lowest BCUT2D eigenvalue weighted by atomic mass is 9.86. The van der Waals surface area contributed by atoms with Crippen LogP contribution in [-0.2, 0) is 15.3 Å². The smallest absolute Gasteiger partial charge is 0.326 e. The van der Waals surface area contributed by atoms with E-state index >= 15 is 0 Å². The van der Waals surface area contributed by atoms with Crippen LogP contribution in [0.3, 0.4) is 0 Å². The van der Waals surface area contributed by atoms with Crippen molar-refractivity contribution < 1.29 is 18.5 Å². The molecule has 30 heavy (non-hydrogen) atoms. The summed E-state index contributed by atoms with van der Waals surface area (Å²) in [6.07, 6.45) is 4.71. The lowest BCUT2D eigenvalue weighted by molar-refractivity contribution is -0.138. The summed E-state index contributed by atoms with van der Waals surface area (Å²) in [5.74, 6) is -2.09. The average Bonchev–Trinajstić information content (AvgIpc) is 3.10. The number of carbonyl (C=O) groups is 2. The topological polar surface area (TPSA) is 94.2 Å². The number of benzene rings is 1. The van der Waals surface area contributed by atoms with Crippen LogP contribution < -0.4 is 11.1 Å². The molecule has 1 atom stereocenters. The molecule has 2 aromatic rings. The monoisotopic (exact) mass is 417 g/mol. The van der Waals surface area contributed by atoms with E-state index < -0.39 is 23.0 Å². The number of halogens is 1. The first-order chi connectivity index (χ1) is 14.2. The van der Waals surface area contributed by atoms with E-state index in [0.29, 0.717) is 5.56 Å². The number of hydrogen-bond donors (Lipinski definition) is 1. The minimum Gasteiger partial charge on any atom is -0.326 e. The fourth-order valence-electron chi connectivity index (χ4n) is 4.22. The standard InChI is InChI=1S/C22H28FN3O4/c1-14(2)13-22(15(3)27,24-20(28)17-7-5-4-6-8-17)26-19(25-30-21(26)29)16-9-11-18(23)12-10-16/h9-12,14,17H,4-8,13H2,1-3H3,(H,24,28). The van der Waals surface area contributed by atoms with Gasteiger partial charge in [0.05, 0.1) is 0 Å². The van der Waals surface area contributed by atoms with Crippen LogP contribution in [0.25, 0.3) is 11.4 Å². The minimum atomic E-state index is -1.64. The van der Waals surface area contributed by atoms with E-state index in [-0.39, 0.29) is 30.0 Å². The van der Waals surface area contributed by atoms with Crippen molar-refractivity contribution in [3.8, 4) is 11.4 Å². The second-order valence-corrected chi connectivity index (χ2v) is 8.45. The molecule has 0 aliphatic heterocycles. The molecule has 162 valence electrons. The van der Waals surface area contributed by atoms with Crippen molar-refractivity contribution in [1.82, 2.24) is 15.0 Å². The van der Waals surface area contributed by atoms with E-state index in [2.05, 4.69) is 10.5 Å². The van der Waals surface area contributed by atoms with Crippen LogP contribution >= 0.6 is 0 Å². The van der Waals surface area contributed by atoms with Crippen LogP contribution in [0, 0.1) is 17.7 Å². The summed E-state index contributed by atoms with van der Waals surface area (Å²) in [4.78, 5) is 38.9. The van der Waals surface area contributed by atoms with Crippen molar-refractivity contribution in [2.75, 3.05) is 0 Å². The zero-order chi connectivity index (χ0) is 21.9. The molecule has 8 heteroatoms. The van der Waals surface area contributed by atoms with Gasteiger partial charge in [-0.1, -0.05) is 38.3 Å². The number of Topliss-reactive ketones (excluding diaryl/α,β-unsaturated/α-hetero) is 1. The highest BCUT2D eigenvalue weighted by Crippen LogP contribution is 2.31. The Morgan fingerprint density at radius 3 is 2.43 bits per heavy atom. The Kier molecular flexibility index (Phi) is 6.53. The van der Waals surface area contributed by atoms with Crippen LogP contribution in [-0.4, -0.2) is 21.4 Å². The molecule has 0 spiro atoms. The van der Waals surface area contributed by atoms with E-state index in [1.807, 2.05) is 13.8 Å². The summed E-state index contributed by atoms with van der Waals surface area (Å²) in [7, 11) is 0. The highest BCUT2D eigenvalue weighted by molar-refractivity contribution is 5.90. The lowest BCUT2D eigenvalue weighted by Gasteiger charge is -2.36. The summed E-state index contributed by atoms with van der Waals surface area (Å²) in [6, 6.07) is 5.37. The summed E-state index contributed by atoms with van der Waals surface area (Å²) in [5, 5.41) is 6.74. The largest absolute Gasteiger partial charge is 0.444 e. The van der Waals surface area contributed by atoms with E-state index in [1.54, 1.807) is 0 Å². The minimum absolute atomic E-state index is 0.0246. The third-order valence-electron chi connectivity index (χ3n) is 5.68. The average molecular weight is 417 g/mol. The molecule has 3 rings (SSSR count). The van der Waals surface area contributed by atoms with Crippen LogP contribution in [0.4, 0.5) is 4.39 Å². The number of carbonyl (C=O) groups excluding carboxylic acids is 2. The zero-order valence-corrected chi connectivity index (χ0v) is 17.6. The number of amides is 1. The summed E-state index contributed by atoms with van der Waals surface area (Å²) >= 11 is 0. The lowest BCUT2D eigenvalue weighted by Crippen LogP contribution is -2.60. The zero-order valence-electron chi connectivity index (χ0n) is 17.6. The highest BCUT2D eigenvalue weighted by Gasteiger charge is 2.45. The Hall–Kier alpha value is -2.77. The summed E-state index contributed by atoms with van der Waals surface area (Å²) in [6.45, 7) is 5.15. The van der Waals surface area contributed by atoms with Gasteiger partial charge in [0.1, 0.15) is 5.82 Å². The maximum absolute atomic E-state index is 13.4. The Bertz CT molecular complexity index is 958. The molecule has 1 aliphatic rings. The molecule has 1 aliphatic carbocycles. The fourth-order valence-corrected chi connectivity index (χ4v) is 4.22. The third kappa shape index (κ3) is 4.37. The molecule has 1 fully saturated rings. The quantitative estimate of drug-likeness (QED) is 0.742. The molecule has 1 unspecified atom stereocenters. The van der Waals surface area contributed by atoms with E-state index in [1.165, 1.54) is 31.2 Å². The molecule has 0 bridgehead atoms. The van der Waals surface area contributed by atoms with E-state index in [9.17, 15) is 18.8 Å². The van der Waals surface area contributed by atoms with Gasteiger partial charge >= 0.3 is 5.76 Å². The molecule has 1 N–H and O–H groups in total. The Morgan fingerprint density at radius 1 is 1.23 bits per heavy atom. The molecule has 0 radical (unpaired) electrons. The van der Waals surface area contributed by atoms with E-state index in [0.717, 1.165) is 36.7 Å². The predicted molar refractivity (Wildman–Crippen MR) is 109 cm³/mol. The van der Waals surface area contributed by atoms with Gasteiger partial charge in [0, 0.05) is 11.5 Å². The normalized spacial score (nSPS) is 17.0. The van der Waals surface area contributed by atoms with Crippen molar-refractivity contribution in [1.29, 1.82) is 0 Å². The SMILES string of the molecule is CC(=O)C(CC(C)C)(NC(=O)C1CCCCC1)n1c(-c2ccc(F)cc2)noc1=O. The Labute approximate surface area is 174 Å². The molecular formula is C22H28FN3O4. The maximum atomic E-state index is 13.4. The number of ketones is 1. The van der Waals surface area contributed by atoms with Crippen molar-refractivity contribution >= 4 is 11.7 Å². The van der Waals surface area contributed by atoms with Gasteiger partial charge in [-0.05, 0) is 56.4 Å². The van der Waals surface area contributed by atoms with Crippen molar-refractivity contribution in [2.24, 2.45) is 11.8 Å². The maximum Gasteiger partial charge on any atom is 0.444 e. The van der Waals surface area contributed by atoms with Gasteiger partial charge in [0.15, 0.2) is 17.3 Å². The molecule has 1 saturated carbocycles. The number of hydrogen-bond acceptors (Lipinski definition) is 5. The van der Waals surface area contributed by atoms with Crippen LogP contribution in [0.5, 0.6) is 0 Å². The number of rotatable bonds is 7. The first kappa shape index (κ1) is 21.9.